The lowest BCUT2D eigenvalue weighted by atomic mass is 10.1. The van der Waals surface area contributed by atoms with Gasteiger partial charge in [-0.2, -0.15) is 0 Å². The molecule has 0 fully saturated rings. The minimum atomic E-state index is 0.173. The lowest BCUT2D eigenvalue weighted by molar-refractivity contribution is 0.125. The van der Waals surface area contributed by atoms with Crippen molar-refractivity contribution in [1.82, 2.24) is 10.2 Å². The van der Waals surface area contributed by atoms with E-state index in [1.165, 1.54) is 9.75 Å². The molecule has 1 N–H and O–H groups in total. The van der Waals surface area contributed by atoms with E-state index < -0.39 is 0 Å². The topological polar surface area (TPSA) is 24.5 Å². The fraction of sp³-hybridized carbons (Fsp3) is 0.750. The van der Waals surface area contributed by atoms with Crippen LogP contribution in [-0.4, -0.2) is 36.7 Å². The van der Waals surface area contributed by atoms with Gasteiger partial charge < -0.3 is 10.1 Å². The molecule has 0 aliphatic heterocycles. The van der Waals surface area contributed by atoms with Gasteiger partial charge in [0.2, 0.25) is 0 Å². The molecule has 4 heteroatoms. The summed E-state index contributed by atoms with van der Waals surface area (Å²) in [5.41, 5.74) is 0.173. The van der Waals surface area contributed by atoms with Crippen LogP contribution in [0.25, 0.3) is 0 Å². The molecule has 0 aliphatic rings. The van der Waals surface area contributed by atoms with E-state index in [2.05, 4.69) is 57.0 Å². The van der Waals surface area contributed by atoms with Crippen LogP contribution in [-0.2, 0) is 17.8 Å². The third kappa shape index (κ3) is 6.84. The minimum Gasteiger partial charge on any atom is -0.383 e. The molecule has 0 atom stereocenters. The molecule has 0 saturated carbocycles. The van der Waals surface area contributed by atoms with Gasteiger partial charge >= 0.3 is 0 Å². The van der Waals surface area contributed by atoms with E-state index in [0.29, 0.717) is 6.04 Å². The van der Waals surface area contributed by atoms with Crippen LogP contribution in [0.15, 0.2) is 12.1 Å². The van der Waals surface area contributed by atoms with Crippen LogP contribution >= 0.6 is 11.3 Å². The van der Waals surface area contributed by atoms with Crippen molar-refractivity contribution in [3.05, 3.63) is 21.9 Å². The van der Waals surface area contributed by atoms with Crippen molar-refractivity contribution in [2.45, 2.75) is 59.3 Å². The van der Waals surface area contributed by atoms with Crippen molar-refractivity contribution in [3.63, 3.8) is 0 Å². The summed E-state index contributed by atoms with van der Waals surface area (Å²) in [6, 6.07) is 5.04. The molecule has 1 aromatic rings. The first-order valence-corrected chi connectivity index (χ1v) is 8.19. The monoisotopic (exact) mass is 298 g/mol. The fourth-order valence-electron chi connectivity index (χ4n) is 1.88. The number of nitrogens with one attached hydrogen (secondary N) is 1. The van der Waals surface area contributed by atoms with E-state index in [-0.39, 0.29) is 5.54 Å². The van der Waals surface area contributed by atoms with E-state index in [1.807, 2.05) is 11.3 Å². The lowest BCUT2D eigenvalue weighted by Crippen LogP contribution is -2.34. The molecular formula is C16H30N2OS. The molecule has 1 rings (SSSR count). The van der Waals surface area contributed by atoms with Crippen LogP contribution in [0.2, 0.25) is 0 Å². The van der Waals surface area contributed by atoms with Gasteiger partial charge in [-0.05, 0) is 46.8 Å². The molecule has 0 saturated heterocycles. The van der Waals surface area contributed by atoms with Crippen LogP contribution in [0.3, 0.4) is 0 Å². The largest absolute Gasteiger partial charge is 0.383 e. The molecule has 20 heavy (non-hydrogen) atoms. The zero-order valence-electron chi connectivity index (χ0n) is 13.8. The number of ether oxygens (including phenoxy) is 1. The van der Waals surface area contributed by atoms with Crippen molar-refractivity contribution >= 4 is 11.3 Å². The first-order chi connectivity index (χ1) is 9.31. The van der Waals surface area contributed by atoms with Crippen LogP contribution < -0.4 is 5.32 Å². The quantitative estimate of drug-likeness (QED) is 0.795. The van der Waals surface area contributed by atoms with Gasteiger partial charge in [0.15, 0.2) is 0 Å². The normalized spacial score (nSPS) is 12.6. The highest BCUT2D eigenvalue weighted by atomic mass is 32.1. The number of hydrogen-bond acceptors (Lipinski definition) is 4. The predicted octanol–water partition coefficient (Wildman–Crippen LogP) is 3.49. The maximum atomic E-state index is 5.19. The summed E-state index contributed by atoms with van der Waals surface area (Å²) < 4.78 is 5.19. The average Bonchev–Trinajstić information content (AvgIpc) is 2.78. The maximum absolute atomic E-state index is 5.19. The Morgan fingerprint density at radius 1 is 1.25 bits per heavy atom. The molecule has 0 radical (unpaired) electrons. The SMILES string of the molecule is COCCN(Cc1ccc(CNC(C)(C)C)s1)C(C)C. The Morgan fingerprint density at radius 2 is 1.90 bits per heavy atom. The minimum absolute atomic E-state index is 0.173. The number of hydrogen-bond donors (Lipinski definition) is 1. The summed E-state index contributed by atoms with van der Waals surface area (Å²) in [4.78, 5) is 5.29. The van der Waals surface area contributed by atoms with Crippen LogP contribution in [0.4, 0.5) is 0 Å². The van der Waals surface area contributed by atoms with Gasteiger partial charge in [0, 0.05) is 48.1 Å². The number of nitrogens with zero attached hydrogens (tertiary/aromatic N) is 1. The maximum Gasteiger partial charge on any atom is 0.0589 e. The van der Waals surface area contributed by atoms with E-state index >= 15 is 0 Å². The van der Waals surface area contributed by atoms with E-state index in [4.69, 9.17) is 4.74 Å². The molecule has 1 heterocycles. The fourth-order valence-corrected chi connectivity index (χ4v) is 2.87. The summed E-state index contributed by atoms with van der Waals surface area (Å²) in [6.07, 6.45) is 0. The molecule has 3 nitrogen and oxygen atoms in total. The number of methoxy groups -OCH3 is 1. The summed E-state index contributed by atoms with van der Waals surface area (Å²) in [6.45, 7) is 14.8. The molecule has 0 aromatic carbocycles. The Morgan fingerprint density at radius 3 is 2.45 bits per heavy atom. The molecule has 0 amide bonds. The van der Waals surface area contributed by atoms with Crippen LogP contribution in [0.5, 0.6) is 0 Å². The Bertz CT molecular complexity index is 382. The molecule has 0 spiro atoms. The highest BCUT2D eigenvalue weighted by Crippen LogP contribution is 2.20. The Labute approximate surface area is 128 Å². The van der Waals surface area contributed by atoms with Gasteiger partial charge in [-0.25, -0.2) is 0 Å². The van der Waals surface area contributed by atoms with Crippen molar-refractivity contribution in [3.8, 4) is 0 Å². The van der Waals surface area contributed by atoms with Gasteiger partial charge in [0.05, 0.1) is 6.61 Å². The van der Waals surface area contributed by atoms with Gasteiger partial charge in [0.25, 0.3) is 0 Å². The highest BCUT2D eigenvalue weighted by Gasteiger charge is 2.13. The van der Waals surface area contributed by atoms with Crippen molar-refractivity contribution in [2.75, 3.05) is 20.3 Å². The molecule has 1 aromatic heterocycles. The van der Waals surface area contributed by atoms with Gasteiger partial charge in [-0.1, -0.05) is 0 Å². The number of thiophene rings is 1. The molecule has 0 bridgehead atoms. The number of rotatable bonds is 8. The van der Waals surface area contributed by atoms with Crippen LogP contribution in [0, 0.1) is 0 Å². The predicted molar refractivity (Wildman–Crippen MR) is 88.3 cm³/mol. The van der Waals surface area contributed by atoms with E-state index in [0.717, 1.165) is 26.2 Å². The molecule has 0 unspecified atom stereocenters. The van der Waals surface area contributed by atoms with Crippen molar-refractivity contribution < 1.29 is 4.74 Å². The van der Waals surface area contributed by atoms with E-state index in [9.17, 15) is 0 Å². The first kappa shape index (κ1) is 17.6. The summed E-state index contributed by atoms with van der Waals surface area (Å²) >= 11 is 1.91. The highest BCUT2D eigenvalue weighted by molar-refractivity contribution is 7.11. The summed E-state index contributed by atoms with van der Waals surface area (Å²) in [5, 5.41) is 3.54. The summed E-state index contributed by atoms with van der Waals surface area (Å²) in [5.74, 6) is 0. The van der Waals surface area contributed by atoms with Gasteiger partial charge in [0.1, 0.15) is 0 Å². The average molecular weight is 298 g/mol. The standard InChI is InChI=1S/C16H30N2OS/c1-13(2)18(9-10-19-6)12-15-8-7-14(20-15)11-17-16(3,4)5/h7-8,13,17H,9-12H2,1-6H3. The second-order valence-electron chi connectivity index (χ2n) is 6.53. The Hall–Kier alpha value is -0.420. The second-order valence-corrected chi connectivity index (χ2v) is 7.78. The van der Waals surface area contributed by atoms with Crippen molar-refractivity contribution in [1.29, 1.82) is 0 Å². The zero-order chi connectivity index (χ0) is 15.2. The Balaban J connectivity index is 2.53. The molecule has 116 valence electrons. The lowest BCUT2D eigenvalue weighted by Gasteiger charge is -2.25. The van der Waals surface area contributed by atoms with Gasteiger partial charge in [-0.3, -0.25) is 4.90 Å². The van der Waals surface area contributed by atoms with Crippen LogP contribution in [0.1, 0.15) is 44.4 Å². The smallest absolute Gasteiger partial charge is 0.0589 e. The van der Waals surface area contributed by atoms with E-state index in [1.54, 1.807) is 7.11 Å². The molecule has 0 aliphatic carbocycles. The first-order valence-electron chi connectivity index (χ1n) is 7.37. The van der Waals surface area contributed by atoms with Gasteiger partial charge in [-0.15, -0.1) is 11.3 Å². The Kier molecular flexibility index (Phi) is 7.17. The third-order valence-corrected chi connectivity index (χ3v) is 4.25. The third-order valence-electron chi connectivity index (χ3n) is 3.18. The van der Waals surface area contributed by atoms with Crippen molar-refractivity contribution in [2.24, 2.45) is 0 Å². The zero-order valence-corrected chi connectivity index (χ0v) is 14.6. The molecular weight excluding hydrogens is 268 g/mol. The second kappa shape index (κ2) is 8.13. The summed E-state index contributed by atoms with van der Waals surface area (Å²) in [7, 11) is 1.76.